The molecular formula is C16H14F3N3O2. The van der Waals surface area contributed by atoms with Crippen molar-refractivity contribution in [2.75, 3.05) is 5.32 Å². The highest BCUT2D eigenvalue weighted by atomic mass is 19.4. The van der Waals surface area contributed by atoms with Crippen LogP contribution in [-0.4, -0.2) is 17.1 Å². The molecule has 8 heteroatoms. The number of nitrogens with one attached hydrogen (secondary N) is 3. The van der Waals surface area contributed by atoms with E-state index in [0.29, 0.717) is 12.3 Å². The van der Waals surface area contributed by atoms with Crippen molar-refractivity contribution in [3.63, 3.8) is 0 Å². The summed E-state index contributed by atoms with van der Waals surface area (Å²) in [4.78, 5) is 25.4. The monoisotopic (exact) mass is 337 g/mol. The quantitative estimate of drug-likeness (QED) is 0.805. The molecule has 3 rings (SSSR count). The zero-order chi connectivity index (χ0) is 17.3. The first kappa shape index (κ1) is 16.1. The first-order valence-corrected chi connectivity index (χ1v) is 7.27. The van der Waals surface area contributed by atoms with Gasteiger partial charge in [0.2, 0.25) is 0 Å². The highest BCUT2D eigenvalue weighted by Gasteiger charge is 2.39. The number of aromatic amines is 1. The van der Waals surface area contributed by atoms with Gasteiger partial charge >= 0.3 is 12.2 Å². The fraction of sp³-hybridized carbons (Fsp3) is 0.250. The van der Waals surface area contributed by atoms with Crippen LogP contribution in [0.4, 0.5) is 23.7 Å². The normalized spacial score (nSPS) is 19.6. The third-order valence-electron chi connectivity index (χ3n) is 3.81. The fourth-order valence-corrected chi connectivity index (χ4v) is 2.49. The Labute approximate surface area is 134 Å². The van der Waals surface area contributed by atoms with E-state index in [-0.39, 0.29) is 12.0 Å². The highest BCUT2D eigenvalue weighted by Crippen LogP contribution is 2.40. The molecule has 1 aliphatic carbocycles. The van der Waals surface area contributed by atoms with E-state index >= 15 is 0 Å². The number of pyridine rings is 1. The number of amides is 2. The van der Waals surface area contributed by atoms with E-state index in [4.69, 9.17) is 0 Å². The number of alkyl halides is 3. The standard InChI is InChI=1S/C16H14F3N3O2/c17-16(18,19)10-6-13(14(23)20-8-10)22-15(24)21-12-7-11(12)9-4-2-1-3-5-9/h1-6,8,11-12H,7H2,(H,20,23)(H2,21,22,24). The van der Waals surface area contributed by atoms with Crippen molar-refractivity contribution >= 4 is 11.7 Å². The SMILES string of the molecule is O=C(Nc1cc(C(F)(F)F)c[nH]c1=O)NC1CC1c1ccccc1. The summed E-state index contributed by atoms with van der Waals surface area (Å²) in [7, 11) is 0. The number of hydrogen-bond acceptors (Lipinski definition) is 2. The average Bonchev–Trinajstić information content (AvgIpc) is 3.28. The van der Waals surface area contributed by atoms with Crippen LogP contribution in [0.25, 0.3) is 0 Å². The molecule has 5 nitrogen and oxygen atoms in total. The summed E-state index contributed by atoms with van der Waals surface area (Å²) in [6.07, 6.45) is -3.29. The van der Waals surface area contributed by atoms with Crippen molar-refractivity contribution in [2.45, 2.75) is 24.6 Å². The van der Waals surface area contributed by atoms with Crippen molar-refractivity contribution in [2.24, 2.45) is 0 Å². The minimum absolute atomic E-state index is 0.0997. The molecule has 1 aromatic heterocycles. The third kappa shape index (κ3) is 3.58. The lowest BCUT2D eigenvalue weighted by molar-refractivity contribution is -0.137. The van der Waals surface area contributed by atoms with Crippen LogP contribution in [0.5, 0.6) is 0 Å². The molecule has 2 aromatic rings. The molecule has 3 N–H and O–H groups in total. The fourth-order valence-electron chi connectivity index (χ4n) is 2.49. The van der Waals surface area contributed by atoms with Gasteiger partial charge in [0, 0.05) is 18.2 Å². The maximum absolute atomic E-state index is 12.6. The maximum Gasteiger partial charge on any atom is 0.417 e. The summed E-state index contributed by atoms with van der Waals surface area (Å²) in [6, 6.07) is 9.38. The van der Waals surface area contributed by atoms with Gasteiger partial charge in [-0.1, -0.05) is 30.3 Å². The van der Waals surface area contributed by atoms with Gasteiger partial charge < -0.3 is 15.6 Å². The molecule has 2 amide bonds. The van der Waals surface area contributed by atoms with Gasteiger partial charge in [-0.05, 0) is 18.1 Å². The topological polar surface area (TPSA) is 74.0 Å². The van der Waals surface area contributed by atoms with Crippen LogP contribution in [0.15, 0.2) is 47.4 Å². The lowest BCUT2D eigenvalue weighted by Gasteiger charge is -2.10. The number of urea groups is 1. The predicted octanol–water partition coefficient (Wildman–Crippen LogP) is 3.07. The van der Waals surface area contributed by atoms with E-state index < -0.39 is 29.0 Å². The van der Waals surface area contributed by atoms with Crippen LogP contribution >= 0.6 is 0 Å². The van der Waals surface area contributed by atoms with E-state index in [9.17, 15) is 22.8 Å². The third-order valence-corrected chi connectivity index (χ3v) is 3.81. The van der Waals surface area contributed by atoms with E-state index in [2.05, 4.69) is 10.6 Å². The molecule has 126 valence electrons. The Kier molecular flexibility index (Phi) is 4.04. The molecule has 2 unspecified atom stereocenters. The number of carbonyl (C=O) groups excluding carboxylic acids is 1. The number of anilines is 1. The first-order valence-electron chi connectivity index (χ1n) is 7.27. The summed E-state index contributed by atoms with van der Waals surface area (Å²) >= 11 is 0. The number of H-pyrrole nitrogens is 1. The number of aromatic nitrogens is 1. The van der Waals surface area contributed by atoms with Gasteiger partial charge in [0.05, 0.1) is 5.56 Å². The molecule has 1 fully saturated rings. The zero-order valence-electron chi connectivity index (χ0n) is 12.4. The van der Waals surface area contributed by atoms with Crippen molar-refractivity contribution < 1.29 is 18.0 Å². The minimum atomic E-state index is -4.61. The molecule has 1 heterocycles. The van der Waals surface area contributed by atoms with Crippen molar-refractivity contribution in [3.8, 4) is 0 Å². The van der Waals surface area contributed by atoms with E-state index in [0.717, 1.165) is 12.0 Å². The predicted molar refractivity (Wildman–Crippen MR) is 81.8 cm³/mol. The Morgan fingerprint density at radius 1 is 1.21 bits per heavy atom. The Balaban J connectivity index is 1.63. The molecule has 24 heavy (non-hydrogen) atoms. The van der Waals surface area contributed by atoms with E-state index in [1.807, 2.05) is 35.3 Å². The minimum Gasteiger partial charge on any atom is -0.334 e. The summed E-state index contributed by atoms with van der Waals surface area (Å²) in [5.74, 6) is 0.178. The van der Waals surface area contributed by atoms with Crippen LogP contribution in [0, 0.1) is 0 Å². The number of rotatable bonds is 3. The Bertz CT molecular complexity index is 802. The smallest absolute Gasteiger partial charge is 0.334 e. The number of halogens is 3. The number of benzene rings is 1. The molecule has 0 saturated heterocycles. The molecule has 1 aliphatic rings. The maximum atomic E-state index is 12.6. The number of carbonyl (C=O) groups is 1. The molecule has 1 aromatic carbocycles. The second-order valence-corrected chi connectivity index (χ2v) is 5.59. The highest BCUT2D eigenvalue weighted by molar-refractivity contribution is 5.89. The van der Waals surface area contributed by atoms with Crippen LogP contribution in [-0.2, 0) is 6.18 Å². The van der Waals surface area contributed by atoms with Gasteiger partial charge in [0.15, 0.2) is 0 Å². The van der Waals surface area contributed by atoms with Gasteiger partial charge in [0.25, 0.3) is 5.56 Å². The summed E-state index contributed by atoms with van der Waals surface area (Å²) in [5.41, 5.74) is -1.20. The van der Waals surface area contributed by atoms with Crippen molar-refractivity contribution in [1.29, 1.82) is 0 Å². The lowest BCUT2D eigenvalue weighted by atomic mass is 10.1. The van der Waals surface area contributed by atoms with Crippen LogP contribution in [0.3, 0.4) is 0 Å². The van der Waals surface area contributed by atoms with Crippen molar-refractivity contribution in [1.82, 2.24) is 10.3 Å². The van der Waals surface area contributed by atoms with E-state index in [1.165, 1.54) is 0 Å². The molecule has 0 aliphatic heterocycles. The molecule has 1 saturated carbocycles. The average molecular weight is 337 g/mol. The summed E-state index contributed by atoms with van der Waals surface area (Å²) < 4.78 is 37.9. The van der Waals surface area contributed by atoms with Gasteiger partial charge in [0.1, 0.15) is 5.69 Å². The molecule has 2 atom stereocenters. The second-order valence-electron chi connectivity index (χ2n) is 5.59. The summed E-state index contributed by atoms with van der Waals surface area (Å²) in [6.45, 7) is 0. The number of hydrogen-bond donors (Lipinski definition) is 3. The van der Waals surface area contributed by atoms with Crippen molar-refractivity contribution in [3.05, 3.63) is 64.1 Å². The second kappa shape index (κ2) is 6.03. The largest absolute Gasteiger partial charge is 0.417 e. The van der Waals surface area contributed by atoms with Crippen LogP contribution < -0.4 is 16.2 Å². The Morgan fingerprint density at radius 2 is 1.92 bits per heavy atom. The first-order chi connectivity index (χ1) is 11.3. The van der Waals surface area contributed by atoms with Gasteiger partial charge in [-0.25, -0.2) is 4.79 Å². The molecule has 0 spiro atoms. The zero-order valence-corrected chi connectivity index (χ0v) is 12.4. The molecular weight excluding hydrogens is 323 g/mol. The molecule has 0 bridgehead atoms. The Morgan fingerprint density at radius 3 is 2.58 bits per heavy atom. The lowest BCUT2D eigenvalue weighted by Crippen LogP contribution is -2.33. The van der Waals surface area contributed by atoms with Gasteiger partial charge in [-0.15, -0.1) is 0 Å². The summed E-state index contributed by atoms with van der Waals surface area (Å²) in [5, 5.41) is 4.82. The molecule has 0 radical (unpaired) electrons. The van der Waals surface area contributed by atoms with Gasteiger partial charge in [-0.3, -0.25) is 4.79 Å². The van der Waals surface area contributed by atoms with Crippen LogP contribution in [0.2, 0.25) is 0 Å². The van der Waals surface area contributed by atoms with Crippen LogP contribution in [0.1, 0.15) is 23.5 Å². The Hall–Kier alpha value is -2.77. The van der Waals surface area contributed by atoms with Gasteiger partial charge in [-0.2, -0.15) is 13.2 Å². The van der Waals surface area contributed by atoms with E-state index in [1.54, 1.807) is 0 Å².